The largest absolute Gasteiger partial charge is 0.356 e. The fourth-order valence-electron chi connectivity index (χ4n) is 2.43. The number of amides is 1. The number of nitrogens with zero attached hydrogens (tertiary/aromatic N) is 2. The molecule has 1 aromatic heterocycles. The summed E-state index contributed by atoms with van der Waals surface area (Å²) >= 11 is 0. The van der Waals surface area contributed by atoms with E-state index in [2.05, 4.69) is 25.9 Å². The fourth-order valence-corrected chi connectivity index (χ4v) is 2.43. The number of benzene rings is 1. The van der Waals surface area contributed by atoms with Crippen molar-refractivity contribution in [2.45, 2.75) is 13.3 Å². The molecule has 0 aliphatic heterocycles. The normalized spacial score (nSPS) is 11.1. The Morgan fingerprint density at radius 2 is 1.92 bits per heavy atom. The molecular formula is C19H24FN5O. The molecule has 0 atom stereocenters. The zero-order valence-electron chi connectivity index (χ0n) is 15.1. The van der Waals surface area contributed by atoms with Crippen LogP contribution in [-0.4, -0.2) is 43.5 Å². The number of aliphatic imine (C=N–C) groups is 1. The Balaban J connectivity index is 1.67. The van der Waals surface area contributed by atoms with Crippen molar-refractivity contribution in [2.24, 2.45) is 4.99 Å². The first-order chi connectivity index (χ1) is 12.6. The molecular weight excluding hydrogens is 333 g/mol. The third-order valence-corrected chi connectivity index (χ3v) is 3.84. The lowest BCUT2D eigenvalue weighted by atomic mass is 10.1. The van der Waals surface area contributed by atoms with Gasteiger partial charge in [0, 0.05) is 39.1 Å². The molecule has 6 nitrogen and oxygen atoms in total. The van der Waals surface area contributed by atoms with E-state index in [4.69, 9.17) is 0 Å². The lowest BCUT2D eigenvalue weighted by Crippen LogP contribution is -2.42. The highest BCUT2D eigenvalue weighted by Crippen LogP contribution is 2.10. The predicted molar refractivity (Wildman–Crippen MR) is 101 cm³/mol. The van der Waals surface area contributed by atoms with Crippen LogP contribution in [0.4, 0.5) is 4.39 Å². The lowest BCUT2D eigenvalue weighted by molar-refractivity contribution is 0.0954. The van der Waals surface area contributed by atoms with E-state index in [1.54, 1.807) is 31.4 Å². The maximum Gasteiger partial charge on any atom is 0.252 e. The highest BCUT2D eigenvalue weighted by Gasteiger charge is 2.04. The zero-order chi connectivity index (χ0) is 18.8. The maximum atomic E-state index is 13.1. The molecule has 0 aliphatic rings. The quantitative estimate of drug-likeness (QED) is 0.400. The maximum absolute atomic E-state index is 13.1. The first kappa shape index (κ1) is 19.4. The van der Waals surface area contributed by atoms with Crippen molar-refractivity contribution in [2.75, 3.05) is 26.7 Å². The van der Waals surface area contributed by atoms with Gasteiger partial charge in [0.05, 0.1) is 5.56 Å². The molecule has 0 saturated carbocycles. The van der Waals surface area contributed by atoms with Gasteiger partial charge in [-0.15, -0.1) is 0 Å². The van der Waals surface area contributed by atoms with E-state index in [1.165, 1.54) is 18.3 Å². The molecule has 1 aromatic carbocycles. The fraction of sp³-hybridized carbons (Fsp3) is 0.316. The third kappa shape index (κ3) is 6.16. The monoisotopic (exact) mass is 357 g/mol. The molecule has 0 radical (unpaired) electrons. The summed E-state index contributed by atoms with van der Waals surface area (Å²) in [7, 11) is 1.69. The van der Waals surface area contributed by atoms with Crippen LogP contribution in [-0.2, 0) is 6.42 Å². The Bertz CT molecular complexity index is 749. The molecule has 2 rings (SSSR count). The highest BCUT2D eigenvalue weighted by molar-refractivity contribution is 5.93. The topological polar surface area (TPSA) is 78.4 Å². The van der Waals surface area contributed by atoms with Gasteiger partial charge in [-0.3, -0.25) is 14.8 Å². The Morgan fingerprint density at radius 1 is 1.15 bits per heavy atom. The van der Waals surface area contributed by atoms with E-state index in [-0.39, 0.29) is 11.7 Å². The number of hydrogen-bond acceptors (Lipinski definition) is 3. The molecule has 2 aromatic rings. The summed E-state index contributed by atoms with van der Waals surface area (Å²) in [6.07, 6.45) is 3.92. The number of nitrogens with one attached hydrogen (secondary N) is 3. The molecule has 26 heavy (non-hydrogen) atoms. The van der Waals surface area contributed by atoms with Crippen LogP contribution in [0.15, 0.2) is 47.7 Å². The number of aryl methyl sites for hydroxylation is 1. The number of rotatable bonds is 7. The number of carbonyl (C=O) groups is 1. The molecule has 7 heteroatoms. The van der Waals surface area contributed by atoms with Crippen LogP contribution in [0.3, 0.4) is 0 Å². The van der Waals surface area contributed by atoms with Crippen molar-refractivity contribution >= 4 is 11.9 Å². The molecule has 3 N–H and O–H groups in total. The second kappa shape index (κ2) is 10.1. The molecule has 0 unspecified atom stereocenters. The number of aromatic nitrogens is 1. The Labute approximate surface area is 152 Å². The van der Waals surface area contributed by atoms with Crippen molar-refractivity contribution in [3.05, 3.63) is 65.2 Å². The Kier molecular flexibility index (Phi) is 7.54. The minimum atomic E-state index is -0.218. The van der Waals surface area contributed by atoms with Crippen molar-refractivity contribution in [3.63, 3.8) is 0 Å². The Morgan fingerprint density at radius 3 is 2.62 bits per heavy atom. The van der Waals surface area contributed by atoms with Crippen LogP contribution in [0.5, 0.6) is 0 Å². The van der Waals surface area contributed by atoms with Gasteiger partial charge in [0.1, 0.15) is 5.82 Å². The minimum Gasteiger partial charge on any atom is -0.356 e. The van der Waals surface area contributed by atoms with Gasteiger partial charge in [-0.1, -0.05) is 6.07 Å². The number of carbonyl (C=O) groups excluding carboxylic acids is 1. The van der Waals surface area contributed by atoms with Gasteiger partial charge in [0.2, 0.25) is 0 Å². The summed E-state index contributed by atoms with van der Waals surface area (Å²) < 4.78 is 13.1. The summed E-state index contributed by atoms with van der Waals surface area (Å²) in [4.78, 5) is 20.0. The Hall–Kier alpha value is -2.96. The van der Waals surface area contributed by atoms with E-state index in [0.717, 1.165) is 17.5 Å². The summed E-state index contributed by atoms with van der Waals surface area (Å²) in [6, 6.07) is 8.25. The van der Waals surface area contributed by atoms with Gasteiger partial charge in [0.15, 0.2) is 5.96 Å². The summed E-state index contributed by atoms with van der Waals surface area (Å²) in [5, 5.41) is 9.15. The van der Waals surface area contributed by atoms with Crippen molar-refractivity contribution in [1.29, 1.82) is 0 Å². The second-order valence-corrected chi connectivity index (χ2v) is 5.74. The molecule has 0 aliphatic carbocycles. The van der Waals surface area contributed by atoms with Crippen LogP contribution < -0.4 is 16.0 Å². The SMILES string of the molecule is CN=C(NCCNC(=O)c1cccnc1)NCCc1ccc(F)cc1C. The van der Waals surface area contributed by atoms with Gasteiger partial charge in [-0.25, -0.2) is 4.39 Å². The van der Waals surface area contributed by atoms with Crippen LogP contribution in [0, 0.1) is 12.7 Å². The number of halogens is 1. The van der Waals surface area contributed by atoms with E-state index in [1.807, 2.05) is 6.92 Å². The smallest absolute Gasteiger partial charge is 0.252 e. The van der Waals surface area contributed by atoms with Gasteiger partial charge < -0.3 is 16.0 Å². The van der Waals surface area contributed by atoms with Gasteiger partial charge >= 0.3 is 0 Å². The van der Waals surface area contributed by atoms with E-state index in [0.29, 0.717) is 31.2 Å². The molecule has 138 valence electrons. The first-order valence-corrected chi connectivity index (χ1v) is 8.48. The van der Waals surface area contributed by atoms with Crippen LogP contribution in [0.1, 0.15) is 21.5 Å². The third-order valence-electron chi connectivity index (χ3n) is 3.84. The first-order valence-electron chi connectivity index (χ1n) is 8.48. The lowest BCUT2D eigenvalue weighted by Gasteiger charge is -2.13. The van der Waals surface area contributed by atoms with Crippen LogP contribution >= 0.6 is 0 Å². The number of hydrogen-bond donors (Lipinski definition) is 3. The molecule has 0 saturated heterocycles. The van der Waals surface area contributed by atoms with Gasteiger partial charge in [0.25, 0.3) is 5.91 Å². The number of guanidine groups is 1. The summed E-state index contributed by atoms with van der Waals surface area (Å²) in [5.74, 6) is 0.278. The van der Waals surface area contributed by atoms with E-state index < -0.39 is 0 Å². The van der Waals surface area contributed by atoms with E-state index >= 15 is 0 Å². The van der Waals surface area contributed by atoms with Gasteiger partial charge in [-0.2, -0.15) is 0 Å². The standard InChI is InChI=1S/C19H24FN5O/c1-14-12-17(20)6-5-15(14)7-9-24-19(21-2)25-11-10-23-18(26)16-4-3-8-22-13-16/h3-6,8,12-13H,7,9-11H2,1-2H3,(H,23,26)(H2,21,24,25). The second-order valence-electron chi connectivity index (χ2n) is 5.74. The average Bonchev–Trinajstić information content (AvgIpc) is 2.65. The molecule has 0 fully saturated rings. The molecule has 1 heterocycles. The van der Waals surface area contributed by atoms with Gasteiger partial charge in [-0.05, 0) is 48.7 Å². The van der Waals surface area contributed by atoms with E-state index in [9.17, 15) is 9.18 Å². The van der Waals surface area contributed by atoms with Crippen LogP contribution in [0.2, 0.25) is 0 Å². The highest BCUT2D eigenvalue weighted by atomic mass is 19.1. The minimum absolute atomic E-state index is 0.158. The van der Waals surface area contributed by atoms with Crippen molar-refractivity contribution < 1.29 is 9.18 Å². The predicted octanol–water partition coefficient (Wildman–Crippen LogP) is 1.67. The zero-order valence-corrected chi connectivity index (χ0v) is 15.1. The van der Waals surface area contributed by atoms with Crippen molar-refractivity contribution in [3.8, 4) is 0 Å². The summed E-state index contributed by atoms with van der Waals surface area (Å²) in [5.41, 5.74) is 2.57. The molecule has 1 amide bonds. The van der Waals surface area contributed by atoms with Crippen molar-refractivity contribution in [1.82, 2.24) is 20.9 Å². The molecule has 0 bridgehead atoms. The van der Waals surface area contributed by atoms with Crippen LogP contribution in [0.25, 0.3) is 0 Å². The number of pyridine rings is 1. The summed E-state index contributed by atoms with van der Waals surface area (Å²) in [6.45, 7) is 3.58. The average molecular weight is 357 g/mol. The molecule has 0 spiro atoms.